The van der Waals surface area contributed by atoms with Crippen LogP contribution in [0, 0.1) is 0 Å². The molecule has 0 bridgehead atoms. The molecule has 2 aromatic heterocycles. The van der Waals surface area contributed by atoms with Crippen LogP contribution in [0.3, 0.4) is 0 Å². The first kappa shape index (κ1) is 21.5. The van der Waals surface area contributed by atoms with E-state index in [1.165, 1.54) is 22.3 Å². The Morgan fingerprint density at radius 2 is 0.757 bits per heavy atom. The molecule has 4 aromatic carbocycles. The number of hydrogen-bond acceptors (Lipinski definition) is 2. The van der Waals surface area contributed by atoms with Crippen molar-refractivity contribution in [3.63, 3.8) is 0 Å². The van der Waals surface area contributed by atoms with Crippen LogP contribution in [0.15, 0.2) is 146 Å². The molecule has 0 N–H and O–H groups in total. The molecule has 2 heteroatoms. The van der Waals surface area contributed by atoms with Crippen LogP contribution in [-0.4, -0.2) is 9.97 Å². The van der Waals surface area contributed by atoms with Crippen molar-refractivity contribution in [3.05, 3.63) is 168 Å². The summed E-state index contributed by atoms with van der Waals surface area (Å²) in [5.74, 6) is 0. The van der Waals surface area contributed by atoms with E-state index in [2.05, 4.69) is 133 Å². The Bertz CT molecular complexity index is 1590. The van der Waals surface area contributed by atoms with Crippen molar-refractivity contribution >= 4 is 0 Å². The lowest BCUT2D eigenvalue weighted by atomic mass is 9.72. The minimum atomic E-state index is -0.636. The zero-order valence-electron chi connectivity index (χ0n) is 20.3. The molecule has 6 aromatic rings. The van der Waals surface area contributed by atoms with Crippen molar-refractivity contribution in [2.24, 2.45) is 0 Å². The predicted octanol–water partition coefficient (Wildman–Crippen LogP) is 8.17. The standard InChI is InChI=1S/C35H24N2/c1-3-13-25(14-4-1)31-21-11-23-33(36-31)35(34-24-12-22-32(37-34)26-15-5-2-6-16-26)29-19-9-7-17-27(29)28-18-8-10-20-30(28)35/h1-24H. The Morgan fingerprint density at radius 1 is 0.351 bits per heavy atom. The Labute approximate surface area is 217 Å². The van der Waals surface area contributed by atoms with Gasteiger partial charge < -0.3 is 0 Å². The number of benzene rings is 4. The predicted molar refractivity (Wildman–Crippen MR) is 150 cm³/mol. The molecule has 1 aliphatic rings. The van der Waals surface area contributed by atoms with Gasteiger partial charge >= 0.3 is 0 Å². The number of rotatable bonds is 4. The van der Waals surface area contributed by atoms with E-state index < -0.39 is 5.41 Å². The van der Waals surface area contributed by atoms with Crippen LogP contribution in [0.1, 0.15) is 22.5 Å². The number of aromatic nitrogens is 2. The molecule has 0 fully saturated rings. The highest BCUT2D eigenvalue weighted by atomic mass is 14.8. The van der Waals surface area contributed by atoms with Gasteiger partial charge in [0.1, 0.15) is 5.41 Å². The lowest BCUT2D eigenvalue weighted by molar-refractivity contribution is 0.708. The molecule has 0 atom stereocenters. The van der Waals surface area contributed by atoms with Crippen LogP contribution in [0.25, 0.3) is 33.6 Å². The second-order valence-corrected chi connectivity index (χ2v) is 9.39. The first-order valence-corrected chi connectivity index (χ1v) is 12.6. The van der Waals surface area contributed by atoms with Crippen LogP contribution >= 0.6 is 0 Å². The zero-order chi connectivity index (χ0) is 24.7. The maximum atomic E-state index is 5.33. The summed E-state index contributed by atoms with van der Waals surface area (Å²) in [4.78, 5) is 10.7. The summed E-state index contributed by atoms with van der Waals surface area (Å²) in [5, 5.41) is 0. The van der Waals surface area contributed by atoms with Gasteiger partial charge in [0.2, 0.25) is 0 Å². The second-order valence-electron chi connectivity index (χ2n) is 9.39. The number of fused-ring (bicyclic) bond motifs is 3. The van der Waals surface area contributed by atoms with Crippen molar-refractivity contribution in [2.75, 3.05) is 0 Å². The van der Waals surface area contributed by atoms with Gasteiger partial charge in [-0.15, -0.1) is 0 Å². The molecule has 174 valence electrons. The van der Waals surface area contributed by atoms with Gasteiger partial charge in [0.05, 0.1) is 22.8 Å². The SMILES string of the molecule is c1ccc(-c2cccc(C3(c4cccc(-c5ccccc5)n4)c4ccccc4-c4ccccc43)n2)cc1. The molecular formula is C35H24N2. The van der Waals surface area contributed by atoms with Crippen LogP contribution in [0.5, 0.6) is 0 Å². The number of hydrogen-bond donors (Lipinski definition) is 0. The highest BCUT2D eigenvalue weighted by Crippen LogP contribution is 2.55. The van der Waals surface area contributed by atoms with E-state index in [1.807, 2.05) is 12.1 Å². The van der Waals surface area contributed by atoms with E-state index >= 15 is 0 Å². The Hall–Kier alpha value is -4.82. The molecule has 7 rings (SSSR count). The Balaban J connectivity index is 1.56. The van der Waals surface area contributed by atoms with E-state index in [0.717, 1.165) is 33.9 Å². The molecule has 2 heterocycles. The van der Waals surface area contributed by atoms with Gasteiger partial charge in [0.25, 0.3) is 0 Å². The summed E-state index contributed by atoms with van der Waals surface area (Å²) in [6.45, 7) is 0. The summed E-state index contributed by atoms with van der Waals surface area (Å²) in [6.07, 6.45) is 0. The molecule has 0 radical (unpaired) electrons. The summed E-state index contributed by atoms with van der Waals surface area (Å²) in [5.41, 5.74) is 10.3. The van der Waals surface area contributed by atoms with Crippen molar-refractivity contribution in [2.45, 2.75) is 5.41 Å². The van der Waals surface area contributed by atoms with Gasteiger partial charge in [-0.25, -0.2) is 0 Å². The van der Waals surface area contributed by atoms with Crippen LogP contribution in [-0.2, 0) is 5.41 Å². The van der Waals surface area contributed by atoms with Gasteiger partial charge in [-0.1, -0.05) is 121 Å². The van der Waals surface area contributed by atoms with E-state index in [-0.39, 0.29) is 0 Å². The molecule has 1 aliphatic carbocycles. The molecule has 0 unspecified atom stereocenters. The van der Waals surface area contributed by atoms with E-state index in [4.69, 9.17) is 9.97 Å². The maximum absolute atomic E-state index is 5.33. The molecule has 37 heavy (non-hydrogen) atoms. The third-order valence-electron chi connectivity index (χ3n) is 7.36. The molecule has 0 amide bonds. The molecule has 0 saturated heterocycles. The summed E-state index contributed by atoms with van der Waals surface area (Å²) in [6, 6.07) is 50.9. The number of pyridine rings is 2. The third-order valence-corrected chi connectivity index (χ3v) is 7.36. The molecule has 2 nitrogen and oxygen atoms in total. The largest absolute Gasteiger partial charge is 0.251 e. The van der Waals surface area contributed by atoms with E-state index in [1.54, 1.807) is 0 Å². The van der Waals surface area contributed by atoms with Gasteiger partial charge in [-0.05, 0) is 46.5 Å². The van der Waals surface area contributed by atoms with Crippen LogP contribution in [0.2, 0.25) is 0 Å². The van der Waals surface area contributed by atoms with Gasteiger partial charge in [-0.2, -0.15) is 0 Å². The van der Waals surface area contributed by atoms with E-state index in [9.17, 15) is 0 Å². The lowest BCUT2D eigenvalue weighted by Gasteiger charge is -2.32. The monoisotopic (exact) mass is 472 g/mol. The van der Waals surface area contributed by atoms with Crippen molar-refractivity contribution in [1.82, 2.24) is 9.97 Å². The highest BCUT2D eigenvalue weighted by molar-refractivity contribution is 5.85. The average Bonchev–Trinajstić information content (AvgIpc) is 3.30. The smallest absolute Gasteiger partial charge is 0.106 e. The fourth-order valence-electron chi connectivity index (χ4n) is 5.74. The third kappa shape index (κ3) is 3.34. The van der Waals surface area contributed by atoms with Crippen LogP contribution < -0.4 is 0 Å². The van der Waals surface area contributed by atoms with Crippen molar-refractivity contribution in [3.8, 4) is 33.6 Å². The highest BCUT2D eigenvalue weighted by Gasteiger charge is 2.48. The first-order chi connectivity index (χ1) is 18.4. The average molecular weight is 473 g/mol. The topological polar surface area (TPSA) is 25.8 Å². The Morgan fingerprint density at radius 3 is 1.22 bits per heavy atom. The molecule has 0 saturated carbocycles. The lowest BCUT2D eigenvalue weighted by Crippen LogP contribution is -2.31. The van der Waals surface area contributed by atoms with Crippen molar-refractivity contribution < 1.29 is 0 Å². The molecule has 0 spiro atoms. The fourth-order valence-corrected chi connectivity index (χ4v) is 5.74. The van der Waals surface area contributed by atoms with Crippen molar-refractivity contribution in [1.29, 1.82) is 0 Å². The second kappa shape index (κ2) is 8.69. The minimum Gasteiger partial charge on any atom is -0.251 e. The van der Waals surface area contributed by atoms with Gasteiger partial charge in [-0.3, -0.25) is 9.97 Å². The van der Waals surface area contributed by atoms with Gasteiger partial charge in [0, 0.05) is 11.1 Å². The van der Waals surface area contributed by atoms with Crippen LogP contribution in [0.4, 0.5) is 0 Å². The fraction of sp³-hybridized carbons (Fsp3) is 0.0286. The van der Waals surface area contributed by atoms with E-state index in [0.29, 0.717) is 0 Å². The Kier molecular flexibility index (Phi) is 5.04. The quantitative estimate of drug-likeness (QED) is 0.258. The summed E-state index contributed by atoms with van der Waals surface area (Å²) < 4.78 is 0. The minimum absolute atomic E-state index is 0.636. The summed E-state index contributed by atoms with van der Waals surface area (Å²) in [7, 11) is 0. The first-order valence-electron chi connectivity index (χ1n) is 12.6. The molecular weight excluding hydrogens is 448 g/mol. The number of nitrogens with zero attached hydrogens (tertiary/aromatic N) is 2. The maximum Gasteiger partial charge on any atom is 0.106 e. The normalized spacial score (nSPS) is 13.1. The van der Waals surface area contributed by atoms with Gasteiger partial charge in [0.15, 0.2) is 0 Å². The summed E-state index contributed by atoms with van der Waals surface area (Å²) >= 11 is 0. The zero-order valence-corrected chi connectivity index (χ0v) is 20.3. The molecule has 0 aliphatic heterocycles.